The zero-order chi connectivity index (χ0) is 14.8. The maximum Gasteiger partial charge on any atom is 0.222 e. The van der Waals surface area contributed by atoms with E-state index in [1.165, 1.54) is 5.56 Å². The van der Waals surface area contributed by atoms with Crippen molar-refractivity contribution >= 4 is 5.91 Å². The van der Waals surface area contributed by atoms with Crippen LogP contribution in [0.15, 0.2) is 24.3 Å². The van der Waals surface area contributed by atoms with Crippen LogP contribution in [0.1, 0.15) is 30.4 Å². The number of carbonyl (C=O) groups excluding carboxylic acids is 1. The van der Waals surface area contributed by atoms with Gasteiger partial charge in [0.15, 0.2) is 0 Å². The summed E-state index contributed by atoms with van der Waals surface area (Å²) in [6.07, 6.45) is 1.72. The summed E-state index contributed by atoms with van der Waals surface area (Å²) in [4.78, 5) is 13.7. The van der Waals surface area contributed by atoms with Crippen molar-refractivity contribution in [3.05, 3.63) is 35.4 Å². The Kier molecular flexibility index (Phi) is 6.85. The van der Waals surface area contributed by atoms with Gasteiger partial charge in [-0.15, -0.1) is 0 Å². The summed E-state index contributed by atoms with van der Waals surface area (Å²) in [5.41, 5.74) is 2.33. The van der Waals surface area contributed by atoms with E-state index in [2.05, 4.69) is 0 Å². The van der Waals surface area contributed by atoms with E-state index in [1.54, 1.807) is 4.90 Å². The quantitative estimate of drug-likeness (QED) is 0.764. The predicted octanol–water partition coefficient (Wildman–Crippen LogP) is 2.58. The van der Waals surface area contributed by atoms with Crippen LogP contribution in [0, 0.1) is 29.6 Å². The summed E-state index contributed by atoms with van der Waals surface area (Å²) in [6, 6.07) is 12.2. The average Bonchev–Trinajstić information content (AvgIpc) is 2.46. The Balaban J connectivity index is 2.50. The Morgan fingerprint density at radius 2 is 1.65 bits per heavy atom. The first-order valence-corrected chi connectivity index (χ1v) is 6.74. The number of hydrogen-bond acceptors (Lipinski definition) is 3. The molecular formula is C16H19N3O. The molecule has 0 aliphatic carbocycles. The fourth-order valence-electron chi connectivity index (χ4n) is 1.90. The number of carbonyl (C=O) groups is 1. The number of rotatable bonds is 7. The standard InChI is InChI=1S/C16H19N3O/c1-14-4-6-15(7-5-14)8-9-16(20)19(12-2-10-17)13-3-11-18/h4-7H,2-3,8-9,12-13H2,1H3. The largest absolute Gasteiger partial charge is 0.341 e. The molecule has 0 N–H and O–H groups in total. The molecule has 0 radical (unpaired) electrons. The van der Waals surface area contributed by atoms with Gasteiger partial charge in [0.05, 0.1) is 25.0 Å². The fraction of sp³-hybridized carbons (Fsp3) is 0.438. The molecule has 0 unspecified atom stereocenters. The normalized spacial score (nSPS) is 9.55. The van der Waals surface area contributed by atoms with Gasteiger partial charge < -0.3 is 4.90 Å². The van der Waals surface area contributed by atoms with E-state index in [-0.39, 0.29) is 5.91 Å². The third-order valence-electron chi connectivity index (χ3n) is 3.09. The van der Waals surface area contributed by atoms with Crippen LogP contribution < -0.4 is 0 Å². The number of nitriles is 2. The van der Waals surface area contributed by atoms with Gasteiger partial charge in [-0.1, -0.05) is 29.8 Å². The van der Waals surface area contributed by atoms with Crippen molar-refractivity contribution in [1.82, 2.24) is 4.90 Å². The lowest BCUT2D eigenvalue weighted by atomic mass is 10.1. The lowest BCUT2D eigenvalue weighted by Gasteiger charge is -2.20. The lowest BCUT2D eigenvalue weighted by molar-refractivity contribution is -0.131. The monoisotopic (exact) mass is 269 g/mol. The van der Waals surface area contributed by atoms with E-state index in [9.17, 15) is 4.79 Å². The van der Waals surface area contributed by atoms with Gasteiger partial charge in [-0.2, -0.15) is 10.5 Å². The molecule has 0 aromatic heterocycles. The number of aryl methyl sites for hydroxylation is 2. The molecule has 0 bridgehead atoms. The Morgan fingerprint density at radius 3 is 2.15 bits per heavy atom. The Labute approximate surface area is 120 Å². The topological polar surface area (TPSA) is 67.9 Å². The molecule has 4 heteroatoms. The van der Waals surface area contributed by atoms with E-state index in [0.717, 1.165) is 5.56 Å². The summed E-state index contributed by atoms with van der Waals surface area (Å²) >= 11 is 0. The van der Waals surface area contributed by atoms with Crippen LogP contribution in [0.25, 0.3) is 0 Å². The molecule has 0 heterocycles. The van der Waals surface area contributed by atoms with Gasteiger partial charge in [0.25, 0.3) is 0 Å². The van der Waals surface area contributed by atoms with Crippen LogP contribution in [0.4, 0.5) is 0 Å². The number of amides is 1. The van der Waals surface area contributed by atoms with E-state index >= 15 is 0 Å². The van der Waals surface area contributed by atoms with Crippen molar-refractivity contribution in [3.8, 4) is 12.1 Å². The molecule has 0 spiro atoms. The zero-order valence-corrected chi connectivity index (χ0v) is 11.8. The molecule has 0 fully saturated rings. The predicted molar refractivity (Wildman–Crippen MR) is 76.5 cm³/mol. The molecular weight excluding hydrogens is 250 g/mol. The smallest absolute Gasteiger partial charge is 0.222 e. The molecule has 0 saturated carbocycles. The van der Waals surface area contributed by atoms with Crippen molar-refractivity contribution in [3.63, 3.8) is 0 Å². The van der Waals surface area contributed by atoms with E-state index in [0.29, 0.717) is 38.8 Å². The molecule has 1 aromatic rings. The van der Waals surface area contributed by atoms with E-state index in [1.807, 2.05) is 43.3 Å². The second-order valence-electron chi connectivity index (χ2n) is 4.68. The van der Waals surface area contributed by atoms with Crippen LogP contribution in [0.5, 0.6) is 0 Å². The lowest BCUT2D eigenvalue weighted by Crippen LogP contribution is -2.32. The van der Waals surface area contributed by atoms with Crippen molar-refractivity contribution in [2.24, 2.45) is 0 Å². The minimum Gasteiger partial charge on any atom is -0.341 e. The van der Waals surface area contributed by atoms with Crippen molar-refractivity contribution in [1.29, 1.82) is 10.5 Å². The third kappa shape index (κ3) is 5.54. The highest BCUT2D eigenvalue weighted by Crippen LogP contribution is 2.08. The molecule has 0 aliphatic heterocycles. The minimum atomic E-state index is 0.0103. The highest BCUT2D eigenvalue weighted by atomic mass is 16.2. The Bertz CT molecular complexity index is 490. The van der Waals surface area contributed by atoms with Crippen molar-refractivity contribution < 1.29 is 4.79 Å². The molecule has 1 rings (SSSR count). The second kappa shape index (κ2) is 8.72. The molecule has 1 aromatic carbocycles. The SMILES string of the molecule is Cc1ccc(CCC(=O)N(CCC#N)CCC#N)cc1. The summed E-state index contributed by atoms with van der Waals surface area (Å²) in [7, 11) is 0. The van der Waals surface area contributed by atoms with Gasteiger partial charge in [-0.3, -0.25) is 4.79 Å². The molecule has 20 heavy (non-hydrogen) atoms. The number of hydrogen-bond donors (Lipinski definition) is 0. The summed E-state index contributed by atoms with van der Waals surface area (Å²) < 4.78 is 0. The molecule has 0 saturated heterocycles. The van der Waals surface area contributed by atoms with Crippen LogP contribution in [-0.4, -0.2) is 23.9 Å². The maximum atomic E-state index is 12.1. The highest BCUT2D eigenvalue weighted by Gasteiger charge is 2.12. The third-order valence-corrected chi connectivity index (χ3v) is 3.09. The van der Waals surface area contributed by atoms with Crippen LogP contribution in [0.2, 0.25) is 0 Å². The van der Waals surface area contributed by atoms with Gasteiger partial charge in [0.2, 0.25) is 5.91 Å². The summed E-state index contributed by atoms with van der Waals surface area (Å²) in [6.45, 7) is 2.84. The van der Waals surface area contributed by atoms with Gasteiger partial charge in [0.1, 0.15) is 0 Å². The number of nitrogens with zero attached hydrogens (tertiary/aromatic N) is 3. The molecule has 0 atom stereocenters. The van der Waals surface area contributed by atoms with Crippen LogP contribution >= 0.6 is 0 Å². The first kappa shape index (κ1) is 15.7. The summed E-state index contributed by atoms with van der Waals surface area (Å²) in [5.74, 6) is 0.0103. The summed E-state index contributed by atoms with van der Waals surface area (Å²) in [5, 5.41) is 17.2. The molecule has 1 amide bonds. The molecule has 4 nitrogen and oxygen atoms in total. The van der Waals surface area contributed by atoms with Crippen LogP contribution in [-0.2, 0) is 11.2 Å². The van der Waals surface area contributed by atoms with E-state index < -0.39 is 0 Å². The van der Waals surface area contributed by atoms with Crippen LogP contribution in [0.3, 0.4) is 0 Å². The van der Waals surface area contributed by atoms with Gasteiger partial charge in [0, 0.05) is 19.5 Å². The first-order valence-electron chi connectivity index (χ1n) is 6.74. The van der Waals surface area contributed by atoms with Gasteiger partial charge in [-0.05, 0) is 18.9 Å². The first-order chi connectivity index (χ1) is 9.67. The highest BCUT2D eigenvalue weighted by molar-refractivity contribution is 5.76. The maximum absolute atomic E-state index is 12.1. The van der Waals surface area contributed by atoms with Gasteiger partial charge >= 0.3 is 0 Å². The number of benzene rings is 1. The second-order valence-corrected chi connectivity index (χ2v) is 4.68. The average molecular weight is 269 g/mol. The van der Waals surface area contributed by atoms with Gasteiger partial charge in [-0.25, -0.2) is 0 Å². The van der Waals surface area contributed by atoms with E-state index in [4.69, 9.17) is 10.5 Å². The van der Waals surface area contributed by atoms with Crippen molar-refractivity contribution in [2.45, 2.75) is 32.6 Å². The molecule has 0 aliphatic rings. The Hall–Kier alpha value is -2.33. The fourth-order valence-corrected chi connectivity index (χ4v) is 1.90. The Morgan fingerprint density at radius 1 is 1.10 bits per heavy atom. The zero-order valence-electron chi connectivity index (χ0n) is 11.8. The van der Waals surface area contributed by atoms with Crippen molar-refractivity contribution in [2.75, 3.05) is 13.1 Å². The molecule has 104 valence electrons. The minimum absolute atomic E-state index is 0.0103.